The summed E-state index contributed by atoms with van der Waals surface area (Å²) in [6.07, 6.45) is -0.0307. The summed E-state index contributed by atoms with van der Waals surface area (Å²) in [7, 11) is 1.63. The number of hydrogen-bond donors (Lipinski definition) is 2. The standard InChI is InChI=1S/C13H17N5O2S/c1-8(2)20-12-15-11(18-14)16-13(17-12)21-10-6-4-9(19-3)5-7-10/h4-8H,14H2,1-3H3,(H,15,16,17,18). The van der Waals surface area contributed by atoms with Gasteiger partial charge in [-0.15, -0.1) is 0 Å². The predicted octanol–water partition coefficient (Wildman–Crippen LogP) is 2.10. The fourth-order valence-corrected chi connectivity index (χ4v) is 2.20. The Kier molecular flexibility index (Phi) is 5.18. The van der Waals surface area contributed by atoms with Crippen LogP contribution in [0.25, 0.3) is 0 Å². The number of anilines is 1. The molecule has 2 rings (SSSR count). The summed E-state index contributed by atoms with van der Waals surface area (Å²) in [5.74, 6) is 6.42. The zero-order valence-corrected chi connectivity index (χ0v) is 12.8. The Balaban J connectivity index is 2.20. The first-order valence-electron chi connectivity index (χ1n) is 6.32. The molecule has 0 radical (unpaired) electrons. The van der Waals surface area contributed by atoms with Crippen LogP contribution in [0.15, 0.2) is 34.3 Å². The number of ether oxygens (including phenoxy) is 2. The lowest BCUT2D eigenvalue weighted by Crippen LogP contribution is -2.14. The molecule has 21 heavy (non-hydrogen) atoms. The van der Waals surface area contributed by atoms with Crippen molar-refractivity contribution in [2.45, 2.75) is 30.0 Å². The smallest absolute Gasteiger partial charge is 0.322 e. The van der Waals surface area contributed by atoms with Gasteiger partial charge in [0, 0.05) is 4.90 Å². The third-order valence-corrected chi connectivity index (χ3v) is 3.21. The minimum absolute atomic E-state index is 0.0307. The molecule has 0 bridgehead atoms. The number of benzene rings is 1. The highest BCUT2D eigenvalue weighted by atomic mass is 32.2. The maximum atomic E-state index is 5.48. The van der Waals surface area contributed by atoms with Gasteiger partial charge in [-0.2, -0.15) is 15.0 Å². The van der Waals surface area contributed by atoms with Crippen LogP contribution >= 0.6 is 11.8 Å². The summed E-state index contributed by atoms with van der Waals surface area (Å²) in [6.45, 7) is 3.80. The van der Waals surface area contributed by atoms with Gasteiger partial charge in [-0.1, -0.05) is 0 Å². The van der Waals surface area contributed by atoms with Crippen LogP contribution in [0.3, 0.4) is 0 Å². The molecule has 1 heterocycles. The van der Waals surface area contributed by atoms with Gasteiger partial charge in [-0.05, 0) is 49.9 Å². The Morgan fingerprint density at radius 1 is 1.14 bits per heavy atom. The maximum absolute atomic E-state index is 5.48. The lowest BCUT2D eigenvalue weighted by atomic mass is 10.3. The van der Waals surface area contributed by atoms with Gasteiger partial charge in [-0.25, -0.2) is 5.84 Å². The molecule has 1 aromatic heterocycles. The van der Waals surface area contributed by atoms with Crippen LogP contribution in [0.4, 0.5) is 5.95 Å². The predicted molar refractivity (Wildman–Crippen MR) is 80.5 cm³/mol. The normalized spacial score (nSPS) is 10.5. The number of nitrogens with one attached hydrogen (secondary N) is 1. The minimum atomic E-state index is -0.0307. The number of hydrogen-bond acceptors (Lipinski definition) is 8. The van der Waals surface area contributed by atoms with Crippen LogP contribution in [0.5, 0.6) is 11.8 Å². The fraction of sp³-hybridized carbons (Fsp3) is 0.308. The quantitative estimate of drug-likeness (QED) is 0.619. The molecule has 7 nitrogen and oxygen atoms in total. The average Bonchev–Trinajstić information content (AvgIpc) is 2.47. The zero-order valence-electron chi connectivity index (χ0n) is 12.0. The summed E-state index contributed by atoms with van der Waals surface area (Å²) in [5, 5.41) is 0.499. The molecule has 0 atom stereocenters. The van der Waals surface area contributed by atoms with Crippen molar-refractivity contribution < 1.29 is 9.47 Å². The van der Waals surface area contributed by atoms with Crippen LogP contribution in [0.2, 0.25) is 0 Å². The average molecular weight is 307 g/mol. The molecular formula is C13H17N5O2S. The molecular weight excluding hydrogens is 290 g/mol. The number of nitrogens with two attached hydrogens (primary N) is 1. The van der Waals surface area contributed by atoms with E-state index in [1.807, 2.05) is 38.1 Å². The number of rotatable bonds is 6. The van der Waals surface area contributed by atoms with Crippen molar-refractivity contribution in [3.8, 4) is 11.8 Å². The van der Waals surface area contributed by atoms with Crippen LogP contribution in [0.1, 0.15) is 13.8 Å². The highest BCUT2D eigenvalue weighted by Crippen LogP contribution is 2.27. The molecule has 8 heteroatoms. The summed E-state index contributed by atoms with van der Waals surface area (Å²) in [5.41, 5.74) is 2.41. The first-order valence-corrected chi connectivity index (χ1v) is 7.13. The molecule has 0 saturated carbocycles. The van der Waals surface area contributed by atoms with E-state index in [4.69, 9.17) is 15.3 Å². The van der Waals surface area contributed by atoms with Gasteiger partial charge >= 0.3 is 6.01 Å². The molecule has 0 saturated heterocycles. The van der Waals surface area contributed by atoms with Gasteiger partial charge in [0.1, 0.15) is 5.75 Å². The third-order valence-electron chi connectivity index (χ3n) is 2.33. The Morgan fingerprint density at radius 2 is 1.86 bits per heavy atom. The Morgan fingerprint density at radius 3 is 2.43 bits per heavy atom. The molecule has 2 aromatic rings. The Hall–Kier alpha value is -2.06. The van der Waals surface area contributed by atoms with E-state index < -0.39 is 0 Å². The topological polar surface area (TPSA) is 95.2 Å². The summed E-state index contributed by atoms with van der Waals surface area (Å²) < 4.78 is 10.6. The first-order chi connectivity index (χ1) is 10.1. The second-order valence-electron chi connectivity index (χ2n) is 4.31. The second-order valence-corrected chi connectivity index (χ2v) is 5.35. The minimum Gasteiger partial charge on any atom is -0.497 e. The second kappa shape index (κ2) is 7.09. The largest absolute Gasteiger partial charge is 0.497 e. The van der Waals surface area contributed by atoms with Crippen LogP contribution < -0.4 is 20.7 Å². The van der Waals surface area contributed by atoms with Gasteiger partial charge in [0.15, 0.2) is 0 Å². The van der Waals surface area contributed by atoms with E-state index in [1.54, 1.807) is 7.11 Å². The van der Waals surface area contributed by atoms with Gasteiger partial charge in [0.2, 0.25) is 11.1 Å². The van der Waals surface area contributed by atoms with Crippen molar-refractivity contribution in [1.82, 2.24) is 15.0 Å². The first kappa shape index (κ1) is 15.3. The lowest BCUT2D eigenvalue weighted by Gasteiger charge is -2.10. The number of methoxy groups -OCH3 is 1. The fourth-order valence-electron chi connectivity index (χ4n) is 1.46. The Bertz CT molecular complexity index is 592. The lowest BCUT2D eigenvalue weighted by molar-refractivity contribution is 0.219. The van der Waals surface area contributed by atoms with Crippen molar-refractivity contribution in [2.24, 2.45) is 5.84 Å². The summed E-state index contributed by atoms with van der Waals surface area (Å²) >= 11 is 1.38. The van der Waals surface area contributed by atoms with E-state index in [0.717, 1.165) is 10.6 Å². The summed E-state index contributed by atoms with van der Waals surface area (Å²) in [6, 6.07) is 7.83. The number of hydrazine groups is 1. The van der Waals surface area contributed by atoms with Crippen molar-refractivity contribution in [3.63, 3.8) is 0 Å². The molecule has 1 aromatic carbocycles. The Labute approximate surface area is 127 Å². The van der Waals surface area contributed by atoms with Crippen LogP contribution in [-0.4, -0.2) is 28.2 Å². The SMILES string of the molecule is COc1ccc(Sc2nc(NN)nc(OC(C)C)n2)cc1. The van der Waals surface area contributed by atoms with Crippen LogP contribution in [0, 0.1) is 0 Å². The van der Waals surface area contributed by atoms with Gasteiger partial charge in [0.05, 0.1) is 13.2 Å². The van der Waals surface area contributed by atoms with Crippen molar-refractivity contribution >= 4 is 17.7 Å². The number of aromatic nitrogens is 3. The van der Waals surface area contributed by atoms with Crippen molar-refractivity contribution in [3.05, 3.63) is 24.3 Å². The molecule has 0 aliphatic carbocycles. The molecule has 0 spiro atoms. The van der Waals surface area contributed by atoms with Crippen molar-refractivity contribution in [2.75, 3.05) is 12.5 Å². The van der Waals surface area contributed by atoms with E-state index >= 15 is 0 Å². The number of nitrogen functional groups attached to an aromatic ring is 1. The van der Waals surface area contributed by atoms with E-state index in [-0.39, 0.29) is 18.1 Å². The van der Waals surface area contributed by atoms with E-state index in [0.29, 0.717) is 5.16 Å². The summed E-state index contributed by atoms with van der Waals surface area (Å²) in [4.78, 5) is 13.5. The highest BCUT2D eigenvalue weighted by Gasteiger charge is 2.10. The van der Waals surface area contributed by atoms with Gasteiger partial charge < -0.3 is 9.47 Å². The van der Waals surface area contributed by atoms with Gasteiger partial charge in [0.25, 0.3) is 0 Å². The molecule has 3 N–H and O–H groups in total. The monoisotopic (exact) mass is 307 g/mol. The molecule has 0 fully saturated rings. The zero-order chi connectivity index (χ0) is 15.2. The maximum Gasteiger partial charge on any atom is 0.322 e. The number of nitrogens with zero attached hydrogens (tertiary/aromatic N) is 3. The van der Waals surface area contributed by atoms with Crippen molar-refractivity contribution in [1.29, 1.82) is 0 Å². The molecule has 0 amide bonds. The molecule has 0 unspecified atom stereocenters. The van der Waals surface area contributed by atoms with E-state index in [9.17, 15) is 0 Å². The van der Waals surface area contributed by atoms with E-state index in [2.05, 4.69) is 20.4 Å². The van der Waals surface area contributed by atoms with Crippen LogP contribution in [-0.2, 0) is 0 Å². The molecule has 0 aliphatic rings. The molecule has 0 aliphatic heterocycles. The highest BCUT2D eigenvalue weighted by molar-refractivity contribution is 7.99. The van der Waals surface area contributed by atoms with E-state index in [1.165, 1.54) is 11.8 Å². The molecule has 112 valence electrons. The van der Waals surface area contributed by atoms with Gasteiger partial charge in [-0.3, -0.25) is 5.43 Å². The third kappa shape index (κ3) is 4.47.